The van der Waals surface area contributed by atoms with Crippen LogP contribution in [0, 0.1) is 6.92 Å². The number of aliphatic hydroxyl groups is 1. The van der Waals surface area contributed by atoms with E-state index < -0.39 is 5.54 Å². The fraction of sp³-hybridized carbons (Fsp3) is 0.615. The van der Waals surface area contributed by atoms with E-state index in [1.165, 1.54) is 0 Å². The van der Waals surface area contributed by atoms with Crippen molar-refractivity contribution in [2.75, 3.05) is 6.61 Å². The standard InChI is InChI=1S/C13H21NO3/c1-5-10-9(3)7-11(17-10)12(16)14-13(4,6-2)8-15/h7,15H,5-6,8H2,1-4H3,(H,14,16). The minimum absolute atomic E-state index is 0.0877. The average molecular weight is 239 g/mol. The molecule has 1 unspecified atom stereocenters. The molecular formula is C13H21NO3. The maximum absolute atomic E-state index is 11.9. The van der Waals surface area contributed by atoms with Gasteiger partial charge in [-0.25, -0.2) is 0 Å². The number of hydrogen-bond donors (Lipinski definition) is 2. The van der Waals surface area contributed by atoms with Crippen LogP contribution in [-0.2, 0) is 6.42 Å². The van der Waals surface area contributed by atoms with Crippen molar-refractivity contribution in [3.05, 3.63) is 23.2 Å². The van der Waals surface area contributed by atoms with Gasteiger partial charge in [-0.15, -0.1) is 0 Å². The Hall–Kier alpha value is -1.29. The lowest BCUT2D eigenvalue weighted by Crippen LogP contribution is -2.48. The van der Waals surface area contributed by atoms with Crippen LogP contribution >= 0.6 is 0 Å². The number of carbonyl (C=O) groups excluding carboxylic acids is 1. The van der Waals surface area contributed by atoms with Gasteiger partial charge in [-0.1, -0.05) is 13.8 Å². The number of hydrogen-bond acceptors (Lipinski definition) is 3. The van der Waals surface area contributed by atoms with Gasteiger partial charge in [-0.2, -0.15) is 0 Å². The zero-order valence-corrected chi connectivity index (χ0v) is 11.0. The predicted molar refractivity (Wildman–Crippen MR) is 66.1 cm³/mol. The van der Waals surface area contributed by atoms with Gasteiger partial charge in [0, 0.05) is 6.42 Å². The molecule has 0 bridgehead atoms. The third-order valence-electron chi connectivity index (χ3n) is 3.11. The van der Waals surface area contributed by atoms with Crippen molar-refractivity contribution in [3.63, 3.8) is 0 Å². The minimum Gasteiger partial charge on any atom is -0.456 e. The normalized spacial score (nSPS) is 14.4. The second kappa shape index (κ2) is 5.36. The summed E-state index contributed by atoms with van der Waals surface area (Å²) >= 11 is 0. The van der Waals surface area contributed by atoms with E-state index in [1.54, 1.807) is 13.0 Å². The first-order chi connectivity index (χ1) is 7.95. The molecule has 0 spiro atoms. The molecule has 0 aliphatic carbocycles. The quantitative estimate of drug-likeness (QED) is 0.826. The Bertz CT molecular complexity index is 391. The zero-order chi connectivity index (χ0) is 13.1. The lowest BCUT2D eigenvalue weighted by molar-refractivity contribution is 0.0818. The van der Waals surface area contributed by atoms with Gasteiger partial charge in [-0.05, 0) is 31.9 Å². The smallest absolute Gasteiger partial charge is 0.287 e. The SMILES string of the molecule is CCc1oc(C(=O)NC(C)(CC)CO)cc1C. The number of carbonyl (C=O) groups is 1. The molecule has 0 aromatic carbocycles. The first-order valence-electron chi connectivity index (χ1n) is 5.98. The molecule has 1 atom stereocenters. The summed E-state index contributed by atoms with van der Waals surface area (Å²) in [5.41, 5.74) is 0.393. The monoisotopic (exact) mass is 239 g/mol. The van der Waals surface area contributed by atoms with E-state index in [2.05, 4.69) is 5.32 Å². The fourth-order valence-electron chi connectivity index (χ4n) is 1.56. The Kier molecular flexibility index (Phi) is 4.34. The summed E-state index contributed by atoms with van der Waals surface area (Å²) in [4.78, 5) is 11.9. The molecule has 2 N–H and O–H groups in total. The van der Waals surface area contributed by atoms with Crippen LogP contribution in [0.25, 0.3) is 0 Å². The first-order valence-corrected chi connectivity index (χ1v) is 5.98. The molecule has 0 saturated carbocycles. The molecule has 1 aromatic heterocycles. The second-order valence-electron chi connectivity index (χ2n) is 4.60. The van der Waals surface area contributed by atoms with Gasteiger partial charge >= 0.3 is 0 Å². The minimum atomic E-state index is -0.593. The molecule has 0 saturated heterocycles. The van der Waals surface area contributed by atoms with E-state index in [0.29, 0.717) is 12.2 Å². The maximum Gasteiger partial charge on any atom is 0.287 e. The van der Waals surface area contributed by atoms with Crippen molar-refractivity contribution in [1.29, 1.82) is 0 Å². The van der Waals surface area contributed by atoms with E-state index in [4.69, 9.17) is 4.42 Å². The van der Waals surface area contributed by atoms with Crippen LogP contribution in [0.15, 0.2) is 10.5 Å². The van der Waals surface area contributed by atoms with Crippen LogP contribution in [-0.4, -0.2) is 23.2 Å². The van der Waals surface area contributed by atoms with Gasteiger partial charge in [0.2, 0.25) is 0 Å². The molecule has 4 nitrogen and oxygen atoms in total. The molecule has 0 radical (unpaired) electrons. The van der Waals surface area contributed by atoms with Crippen molar-refractivity contribution in [1.82, 2.24) is 5.32 Å². The highest BCUT2D eigenvalue weighted by molar-refractivity contribution is 5.92. The largest absolute Gasteiger partial charge is 0.456 e. The van der Waals surface area contributed by atoms with Crippen LogP contribution in [0.1, 0.15) is 49.1 Å². The Morgan fingerprint density at radius 2 is 2.18 bits per heavy atom. The number of aliphatic hydroxyl groups excluding tert-OH is 1. The van der Waals surface area contributed by atoms with Gasteiger partial charge in [0.15, 0.2) is 5.76 Å². The molecule has 0 aliphatic rings. The lowest BCUT2D eigenvalue weighted by atomic mass is 10.0. The lowest BCUT2D eigenvalue weighted by Gasteiger charge is -2.26. The van der Waals surface area contributed by atoms with Gasteiger partial charge in [0.1, 0.15) is 5.76 Å². The Morgan fingerprint density at radius 1 is 1.53 bits per heavy atom. The van der Waals surface area contributed by atoms with Gasteiger partial charge in [0.25, 0.3) is 5.91 Å². The highest BCUT2D eigenvalue weighted by atomic mass is 16.4. The number of aryl methyl sites for hydroxylation is 2. The molecule has 0 aliphatic heterocycles. The Morgan fingerprint density at radius 3 is 2.59 bits per heavy atom. The summed E-state index contributed by atoms with van der Waals surface area (Å²) in [7, 11) is 0. The molecule has 0 fully saturated rings. The predicted octanol–water partition coefficient (Wildman–Crippen LogP) is 2.04. The van der Waals surface area contributed by atoms with Crippen LogP contribution in [0.3, 0.4) is 0 Å². The summed E-state index contributed by atoms with van der Waals surface area (Å²) < 4.78 is 5.47. The molecular weight excluding hydrogens is 218 g/mol. The number of furan rings is 1. The number of rotatable bonds is 5. The van der Waals surface area contributed by atoms with Crippen molar-refractivity contribution in [3.8, 4) is 0 Å². The maximum atomic E-state index is 11.9. The van der Waals surface area contributed by atoms with Crippen LogP contribution in [0.4, 0.5) is 0 Å². The van der Waals surface area contributed by atoms with Crippen molar-refractivity contribution < 1.29 is 14.3 Å². The van der Waals surface area contributed by atoms with Crippen LogP contribution in [0.5, 0.6) is 0 Å². The van der Waals surface area contributed by atoms with Crippen molar-refractivity contribution >= 4 is 5.91 Å². The van der Waals surface area contributed by atoms with Crippen molar-refractivity contribution in [2.24, 2.45) is 0 Å². The Balaban J connectivity index is 2.83. The summed E-state index contributed by atoms with van der Waals surface area (Å²) in [5, 5.41) is 12.0. The zero-order valence-electron chi connectivity index (χ0n) is 11.0. The van der Waals surface area contributed by atoms with E-state index in [9.17, 15) is 9.90 Å². The van der Waals surface area contributed by atoms with Gasteiger partial charge in [-0.3, -0.25) is 4.79 Å². The number of amides is 1. The highest BCUT2D eigenvalue weighted by Gasteiger charge is 2.25. The molecule has 1 aromatic rings. The molecule has 1 heterocycles. The number of nitrogens with one attached hydrogen (secondary N) is 1. The first kappa shape index (κ1) is 13.8. The second-order valence-corrected chi connectivity index (χ2v) is 4.60. The molecule has 1 amide bonds. The summed E-state index contributed by atoms with van der Waals surface area (Å²) in [6.45, 7) is 7.54. The third-order valence-corrected chi connectivity index (χ3v) is 3.11. The third kappa shape index (κ3) is 3.09. The fourth-order valence-corrected chi connectivity index (χ4v) is 1.56. The van der Waals surface area contributed by atoms with E-state index >= 15 is 0 Å². The van der Waals surface area contributed by atoms with Gasteiger partial charge < -0.3 is 14.8 Å². The Labute approximate surface area is 102 Å². The van der Waals surface area contributed by atoms with Gasteiger partial charge in [0.05, 0.1) is 12.1 Å². The van der Waals surface area contributed by atoms with Crippen LogP contribution in [0.2, 0.25) is 0 Å². The molecule has 1 rings (SSSR count). The topological polar surface area (TPSA) is 62.5 Å². The van der Waals surface area contributed by atoms with Crippen molar-refractivity contribution in [2.45, 2.75) is 46.1 Å². The summed E-state index contributed by atoms with van der Waals surface area (Å²) in [6.07, 6.45) is 1.43. The average Bonchev–Trinajstić information content (AvgIpc) is 2.70. The van der Waals surface area contributed by atoms with E-state index in [0.717, 1.165) is 17.7 Å². The summed E-state index contributed by atoms with van der Waals surface area (Å²) in [6, 6.07) is 1.74. The highest BCUT2D eigenvalue weighted by Crippen LogP contribution is 2.16. The molecule has 17 heavy (non-hydrogen) atoms. The molecule has 96 valence electrons. The molecule has 4 heteroatoms. The van der Waals surface area contributed by atoms with Crippen LogP contribution < -0.4 is 5.32 Å². The van der Waals surface area contributed by atoms with E-state index in [1.807, 2.05) is 20.8 Å². The summed E-state index contributed by atoms with van der Waals surface area (Å²) in [5.74, 6) is 0.871. The van der Waals surface area contributed by atoms with E-state index in [-0.39, 0.29) is 12.5 Å².